The Morgan fingerprint density at radius 3 is 2.23 bits per heavy atom. The Labute approximate surface area is 80.1 Å². The molecule has 0 fully saturated rings. The summed E-state index contributed by atoms with van der Waals surface area (Å²) in [7, 11) is 1.36. The summed E-state index contributed by atoms with van der Waals surface area (Å²) in [6.45, 7) is 7.60. The van der Waals surface area contributed by atoms with E-state index in [9.17, 15) is 9.90 Å². The monoisotopic (exact) mass is 188 g/mol. The van der Waals surface area contributed by atoms with Crippen LogP contribution in [0.1, 0.15) is 34.1 Å². The van der Waals surface area contributed by atoms with Gasteiger partial charge in [-0.05, 0) is 11.8 Å². The molecule has 0 spiro atoms. The van der Waals surface area contributed by atoms with Crippen molar-refractivity contribution in [1.82, 2.24) is 0 Å². The molecule has 0 aromatic rings. The van der Waals surface area contributed by atoms with E-state index in [4.69, 9.17) is 0 Å². The normalized spacial score (nSPS) is 16.5. The molecule has 0 aliphatic rings. The van der Waals surface area contributed by atoms with Crippen LogP contribution in [-0.4, -0.2) is 24.3 Å². The minimum Gasteiger partial charge on any atom is -0.469 e. The van der Waals surface area contributed by atoms with Gasteiger partial charge in [-0.15, -0.1) is 0 Å². The van der Waals surface area contributed by atoms with Crippen molar-refractivity contribution < 1.29 is 14.6 Å². The third-order valence-corrected chi connectivity index (χ3v) is 2.18. The van der Waals surface area contributed by atoms with Crippen molar-refractivity contribution >= 4 is 5.97 Å². The first-order valence-corrected chi connectivity index (χ1v) is 4.55. The van der Waals surface area contributed by atoms with Gasteiger partial charge in [0.25, 0.3) is 0 Å². The van der Waals surface area contributed by atoms with Gasteiger partial charge in [0, 0.05) is 0 Å². The molecule has 0 saturated carbocycles. The van der Waals surface area contributed by atoms with E-state index >= 15 is 0 Å². The number of hydrogen-bond acceptors (Lipinski definition) is 3. The van der Waals surface area contributed by atoms with Crippen LogP contribution in [0.25, 0.3) is 0 Å². The van der Waals surface area contributed by atoms with Crippen LogP contribution >= 0.6 is 0 Å². The molecule has 0 aliphatic carbocycles. The molecular weight excluding hydrogens is 168 g/mol. The van der Waals surface area contributed by atoms with Crippen LogP contribution in [0.4, 0.5) is 0 Å². The lowest BCUT2D eigenvalue weighted by Crippen LogP contribution is -2.30. The van der Waals surface area contributed by atoms with Crippen molar-refractivity contribution in [1.29, 1.82) is 0 Å². The van der Waals surface area contributed by atoms with Gasteiger partial charge in [-0.25, -0.2) is 0 Å². The molecule has 0 rings (SSSR count). The van der Waals surface area contributed by atoms with Gasteiger partial charge in [0.05, 0.1) is 19.1 Å². The highest BCUT2D eigenvalue weighted by Crippen LogP contribution is 2.24. The number of aliphatic hydroxyl groups is 1. The van der Waals surface area contributed by atoms with Gasteiger partial charge in [0.1, 0.15) is 0 Å². The zero-order chi connectivity index (χ0) is 10.6. The number of carbonyl (C=O) groups excluding carboxylic acids is 1. The van der Waals surface area contributed by atoms with Gasteiger partial charge in [-0.1, -0.05) is 27.7 Å². The van der Waals surface area contributed by atoms with Gasteiger partial charge in [0.2, 0.25) is 0 Å². The Balaban J connectivity index is 4.06. The summed E-state index contributed by atoms with van der Waals surface area (Å²) in [6, 6.07) is 0. The number of esters is 1. The molecule has 0 heterocycles. The first-order chi connectivity index (χ1) is 5.79. The van der Waals surface area contributed by atoms with Gasteiger partial charge in [-0.3, -0.25) is 4.79 Å². The third-order valence-electron chi connectivity index (χ3n) is 2.18. The molecule has 2 atom stereocenters. The fraction of sp³-hybridized carbons (Fsp3) is 0.900. The van der Waals surface area contributed by atoms with E-state index in [2.05, 4.69) is 4.74 Å². The predicted octanol–water partition coefficient (Wildman–Crippen LogP) is 1.59. The number of ether oxygens (including phenoxy) is 1. The largest absolute Gasteiger partial charge is 0.469 e. The quantitative estimate of drug-likeness (QED) is 0.684. The Morgan fingerprint density at radius 1 is 1.46 bits per heavy atom. The highest BCUT2D eigenvalue weighted by atomic mass is 16.5. The maximum atomic E-state index is 11.0. The highest BCUT2D eigenvalue weighted by Gasteiger charge is 2.26. The fourth-order valence-electron chi connectivity index (χ4n) is 0.986. The Kier molecular flexibility index (Phi) is 4.40. The smallest absolute Gasteiger partial charge is 0.308 e. The van der Waals surface area contributed by atoms with Crippen molar-refractivity contribution in [2.45, 2.75) is 40.2 Å². The van der Waals surface area contributed by atoms with Crippen molar-refractivity contribution in [2.24, 2.45) is 11.3 Å². The molecule has 3 nitrogen and oxygen atoms in total. The summed E-state index contributed by atoms with van der Waals surface area (Å²) in [5.41, 5.74) is -0.178. The van der Waals surface area contributed by atoms with E-state index in [1.54, 1.807) is 6.92 Å². The second-order valence-electron chi connectivity index (χ2n) is 4.54. The molecule has 0 aromatic carbocycles. The SMILES string of the molecule is COC(=O)C(C)CC(O)C(C)(C)C. The van der Waals surface area contributed by atoms with Gasteiger partial charge in [0.15, 0.2) is 0 Å². The summed E-state index contributed by atoms with van der Waals surface area (Å²) in [6.07, 6.45) is -0.0162. The lowest BCUT2D eigenvalue weighted by molar-refractivity contribution is -0.146. The molecule has 13 heavy (non-hydrogen) atoms. The fourth-order valence-corrected chi connectivity index (χ4v) is 0.986. The second-order valence-corrected chi connectivity index (χ2v) is 4.54. The molecule has 78 valence electrons. The molecule has 0 aromatic heterocycles. The molecule has 0 aliphatic heterocycles. The molecule has 0 bridgehead atoms. The van der Waals surface area contributed by atoms with Crippen LogP contribution in [0, 0.1) is 11.3 Å². The Morgan fingerprint density at radius 2 is 1.92 bits per heavy atom. The summed E-state index contributed by atoms with van der Waals surface area (Å²) in [5, 5.41) is 9.69. The topological polar surface area (TPSA) is 46.5 Å². The average Bonchev–Trinajstić information content (AvgIpc) is 2.01. The van der Waals surface area contributed by atoms with E-state index in [-0.39, 0.29) is 17.3 Å². The first kappa shape index (κ1) is 12.4. The van der Waals surface area contributed by atoms with E-state index in [1.807, 2.05) is 20.8 Å². The number of rotatable bonds is 3. The van der Waals surface area contributed by atoms with E-state index in [1.165, 1.54) is 7.11 Å². The molecule has 0 saturated heterocycles. The maximum absolute atomic E-state index is 11.0. The lowest BCUT2D eigenvalue weighted by atomic mass is 9.84. The second kappa shape index (κ2) is 4.61. The minimum absolute atomic E-state index is 0.178. The molecule has 0 radical (unpaired) electrons. The van der Waals surface area contributed by atoms with Crippen LogP contribution < -0.4 is 0 Å². The number of methoxy groups -OCH3 is 1. The standard InChI is InChI=1S/C10H20O3/c1-7(9(12)13-5)6-8(11)10(2,3)4/h7-8,11H,6H2,1-5H3. The van der Waals surface area contributed by atoms with Crippen LogP contribution in [0.3, 0.4) is 0 Å². The summed E-state index contributed by atoms with van der Waals surface area (Å²) < 4.78 is 4.58. The van der Waals surface area contributed by atoms with Crippen LogP contribution in [0.2, 0.25) is 0 Å². The van der Waals surface area contributed by atoms with Gasteiger partial charge in [-0.2, -0.15) is 0 Å². The van der Waals surface area contributed by atoms with Crippen LogP contribution in [-0.2, 0) is 9.53 Å². The molecule has 2 unspecified atom stereocenters. The van der Waals surface area contributed by atoms with Crippen molar-refractivity contribution in [3.05, 3.63) is 0 Å². The van der Waals surface area contributed by atoms with E-state index in [0.717, 1.165) is 0 Å². The number of aliphatic hydroxyl groups excluding tert-OH is 1. The molecule has 1 N–H and O–H groups in total. The third kappa shape index (κ3) is 4.27. The van der Waals surface area contributed by atoms with Gasteiger partial charge >= 0.3 is 5.97 Å². The Hall–Kier alpha value is -0.570. The highest BCUT2D eigenvalue weighted by molar-refractivity contribution is 5.71. The zero-order valence-electron chi connectivity index (χ0n) is 9.13. The minimum atomic E-state index is -0.471. The van der Waals surface area contributed by atoms with Crippen molar-refractivity contribution in [3.63, 3.8) is 0 Å². The van der Waals surface area contributed by atoms with E-state index in [0.29, 0.717) is 6.42 Å². The number of hydrogen-bond donors (Lipinski definition) is 1. The van der Waals surface area contributed by atoms with Crippen LogP contribution in [0.15, 0.2) is 0 Å². The predicted molar refractivity (Wildman–Crippen MR) is 51.3 cm³/mol. The average molecular weight is 188 g/mol. The lowest BCUT2D eigenvalue weighted by Gasteiger charge is -2.27. The van der Waals surface area contributed by atoms with E-state index < -0.39 is 6.10 Å². The molecular formula is C10H20O3. The summed E-state index contributed by atoms with van der Waals surface area (Å²) in [5.74, 6) is -0.498. The van der Waals surface area contributed by atoms with Gasteiger partial charge < -0.3 is 9.84 Å². The number of carbonyl (C=O) groups is 1. The zero-order valence-corrected chi connectivity index (χ0v) is 9.13. The summed E-state index contributed by atoms with van der Waals surface area (Å²) in [4.78, 5) is 11.0. The van der Waals surface area contributed by atoms with Crippen LogP contribution in [0.5, 0.6) is 0 Å². The first-order valence-electron chi connectivity index (χ1n) is 4.55. The molecule has 0 amide bonds. The molecule has 3 heteroatoms. The Bertz CT molecular complexity index is 169. The maximum Gasteiger partial charge on any atom is 0.308 e. The van der Waals surface area contributed by atoms with Crippen molar-refractivity contribution in [3.8, 4) is 0 Å². The van der Waals surface area contributed by atoms with Crippen molar-refractivity contribution in [2.75, 3.05) is 7.11 Å². The summed E-state index contributed by atoms with van der Waals surface area (Å²) >= 11 is 0.